The molecule has 1 aliphatic rings. The lowest BCUT2D eigenvalue weighted by atomic mass is 9.96. The van der Waals surface area contributed by atoms with Crippen molar-refractivity contribution in [1.82, 2.24) is 25.4 Å². The molecule has 0 radical (unpaired) electrons. The molecule has 7 nitrogen and oxygen atoms in total. The maximum absolute atomic E-state index is 12.6. The Balaban J connectivity index is 1.78. The van der Waals surface area contributed by atoms with Gasteiger partial charge in [0, 0.05) is 13.1 Å². The lowest BCUT2D eigenvalue weighted by Crippen LogP contribution is -2.45. The van der Waals surface area contributed by atoms with Crippen LogP contribution in [-0.2, 0) is 18.0 Å². The third kappa shape index (κ3) is 5.11. The molecule has 0 aliphatic heterocycles. The molecule has 11 heteroatoms. The first-order valence-corrected chi connectivity index (χ1v) is 8.45. The molecular formula is C13H18F3N5O2S. The van der Waals surface area contributed by atoms with Crippen LogP contribution in [0, 0.1) is 0 Å². The van der Waals surface area contributed by atoms with Crippen LogP contribution in [0.3, 0.4) is 0 Å². The van der Waals surface area contributed by atoms with Gasteiger partial charge in [-0.05, 0) is 12.8 Å². The first-order chi connectivity index (χ1) is 11.3. The number of nitrogens with one attached hydrogen (secondary N) is 2. The quantitative estimate of drug-likeness (QED) is 0.798. The van der Waals surface area contributed by atoms with Crippen LogP contribution in [0.5, 0.6) is 0 Å². The van der Waals surface area contributed by atoms with Gasteiger partial charge in [-0.1, -0.05) is 31.0 Å². The monoisotopic (exact) mass is 365 g/mol. The molecule has 0 aromatic carbocycles. The zero-order chi connectivity index (χ0) is 17.7. The summed E-state index contributed by atoms with van der Waals surface area (Å²) in [7, 11) is 1.17. The number of alkyl halides is 3. The summed E-state index contributed by atoms with van der Waals surface area (Å²) in [4.78, 5) is 23.4. The molecule has 24 heavy (non-hydrogen) atoms. The second-order valence-corrected chi connectivity index (χ2v) is 6.45. The molecule has 0 spiro atoms. The fraction of sp³-hybridized carbons (Fsp3) is 0.692. The van der Waals surface area contributed by atoms with Crippen LogP contribution >= 0.6 is 11.8 Å². The van der Waals surface area contributed by atoms with Crippen molar-refractivity contribution >= 4 is 23.7 Å². The predicted molar refractivity (Wildman–Crippen MR) is 80.3 cm³/mol. The van der Waals surface area contributed by atoms with Crippen LogP contribution in [0.4, 0.5) is 18.0 Å². The number of aromatic nitrogens is 3. The molecule has 0 unspecified atom stereocenters. The number of imide groups is 1. The van der Waals surface area contributed by atoms with Gasteiger partial charge < -0.3 is 9.88 Å². The molecule has 1 fully saturated rings. The van der Waals surface area contributed by atoms with Gasteiger partial charge in [0.1, 0.15) is 0 Å². The lowest BCUT2D eigenvalue weighted by molar-refractivity contribution is -0.147. The van der Waals surface area contributed by atoms with Crippen LogP contribution in [0.2, 0.25) is 0 Å². The highest BCUT2D eigenvalue weighted by molar-refractivity contribution is 7.99. The molecule has 0 bridgehead atoms. The fourth-order valence-corrected chi connectivity index (χ4v) is 3.16. The molecule has 1 saturated carbocycles. The zero-order valence-corrected chi connectivity index (χ0v) is 13.8. The van der Waals surface area contributed by atoms with Crippen LogP contribution in [0.25, 0.3) is 0 Å². The Kier molecular flexibility index (Phi) is 6.08. The number of urea groups is 1. The lowest BCUT2D eigenvalue weighted by Gasteiger charge is -2.22. The van der Waals surface area contributed by atoms with E-state index in [9.17, 15) is 22.8 Å². The highest BCUT2D eigenvalue weighted by Gasteiger charge is 2.37. The van der Waals surface area contributed by atoms with Gasteiger partial charge in [0.25, 0.3) is 0 Å². The van der Waals surface area contributed by atoms with Crippen molar-refractivity contribution in [3.8, 4) is 0 Å². The normalized spacial score (nSPS) is 16.0. The molecule has 0 saturated heterocycles. The molecule has 2 rings (SSSR count). The molecule has 1 aromatic rings. The Labute approximate surface area is 140 Å². The van der Waals surface area contributed by atoms with Crippen molar-refractivity contribution in [2.75, 3.05) is 5.75 Å². The number of rotatable bonds is 4. The number of carbonyl (C=O) groups excluding carboxylic acids is 2. The van der Waals surface area contributed by atoms with Crippen LogP contribution in [-0.4, -0.2) is 38.5 Å². The minimum absolute atomic E-state index is 0.0508. The van der Waals surface area contributed by atoms with Gasteiger partial charge in [-0.25, -0.2) is 4.79 Å². The smallest absolute Gasteiger partial charge is 0.335 e. The second-order valence-electron chi connectivity index (χ2n) is 5.51. The van der Waals surface area contributed by atoms with Crippen LogP contribution in [0.15, 0.2) is 5.16 Å². The SMILES string of the molecule is Cn1c(SCC(=O)NC(=O)NC2CCCCC2)nnc1C(F)(F)F. The van der Waals surface area contributed by atoms with E-state index in [1.807, 2.05) is 0 Å². The first-order valence-electron chi connectivity index (χ1n) is 7.47. The van der Waals surface area contributed by atoms with Crippen molar-refractivity contribution in [3.63, 3.8) is 0 Å². The summed E-state index contributed by atoms with van der Waals surface area (Å²) in [5.41, 5.74) is 0. The molecular weight excluding hydrogens is 347 g/mol. The fourth-order valence-electron chi connectivity index (χ4n) is 2.45. The van der Waals surface area contributed by atoms with Crippen molar-refractivity contribution in [2.24, 2.45) is 7.05 Å². The summed E-state index contributed by atoms with van der Waals surface area (Å²) in [5.74, 6) is -1.98. The van der Waals surface area contributed by atoms with E-state index >= 15 is 0 Å². The molecule has 1 heterocycles. The van der Waals surface area contributed by atoms with E-state index in [4.69, 9.17) is 0 Å². The Morgan fingerprint density at radius 1 is 1.25 bits per heavy atom. The van der Waals surface area contributed by atoms with E-state index in [0.29, 0.717) is 0 Å². The maximum atomic E-state index is 12.6. The molecule has 134 valence electrons. The molecule has 1 aromatic heterocycles. The molecule has 3 amide bonds. The Bertz CT molecular complexity index is 599. The number of amides is 3. The van der Waals surface area contributed by atoms with E-state index in [1.54, 1.807) is 0 Å². The largest absolute Gasteiger partial charge is 0.451 e. The van der Waals surface area contributed by atoms with Crippen molar-refractivity contribution in [1.29, 1.82) is 0 Å². The van der Waals surface area contributed by atoms with Crippen LogP contribution < -0.4 is 10.6 Å². The van der Waals surface area contributed by atoms with Crippen molar-refractivity contribution in [2.45, 2.75) is 49.5 Å². The van der Waals surface area contributed by atoms with Gasteiger partial charge in [-0.15, -0.1) is 10.2 Å². The van der Waals surface area contributed by atoms with Gasteiger partial charge in [0.2, 0.25) is 11.7 Å². The van der Waals surface area contributed by atoms with E-state index in [0.717, 1.165) is 48.4 Å². The third-order valence-corrected chi connectivity index (χ3v) is 4.63. The average molecular weight is 365 g/mol. The number of carbonyl (C=O) groups is 2. The summed E-state index contributed by atoms with van der Waals surface area (Å²) in [5, 5.41) is 11.3. The van der Waals surface area contributed by atoms with Gasteiger partial charge >= 0.3 is 12.2 Å². The van der Waals surface area contributed by atoms with Gasteiger partial charge in [0.15, 0.2) is 5.16 Å². The Morgan fingerprint density at radius 2 is 1.92 bits per heavy atom. The van der Waals surface area contributed by atoms with Crippen molar-refractivity contribution < 1.29 is 22.8 Å². The second kappa shape index (κ2) is 7.86. The molecule has 2 N–H and O–H groups in total. The zero-order valence-electron chi connectivity index (χ0n) is 13.0. The summed E-state index contributed by atoms with van der Waals surface area (Å²) in [6.07, 6.45) is 0.394. The Morgan fingerprint density at radius 3 is 2.50 bits per heavy atom. The van der Waals surface area contributed by atoms with Crippen LogP contribution in [0.1, 0.15) is 37.9 Å². The number of thioether (sulfide) groups is 1. The van der Waals surface area contributed by atoms with Gasteiger partial charge in [-0.2, -0.15) is 13.2 Å². The number of hydrogen-bond acceptors (Lipinski definition) is 5. The number of nitrogens with zero attached hydrogens (tertiary/aromatic N) is 3. The minimum atomic E-state index is -4.61. The summed E-state index contributed by atoms with van der Waals surface area (Å²) >= 11 is 0.777. The van der Waals surface area contributed by atoms with E-state index in [1.165, 1.54) is 7.05 Å². The van der Waals surface area contributed by atoms with E-state index in [-0.39, 0.29) is 17.0 Å². The number of halogens is 3. The predicted octanol–water partition coefficient (Wildman–Crippen LogP) is 2.08. The van der Waals surface area contributed by atoms with Gasteiger partial charge in [0.05, 0.1) is 5.75 Å². The number of hydrogen-bond donors (Lipinski definition) is 2. The van der Waals surface area contributed by atoms with Crippen molar-refractivity contribution in [3.05, 3.63) is 5.82 Å². The van der Waals surface area contributed by atoms with Gasteiger partial charge in [-0.3, -0.25) is 10.1 Å². The average Bonchev–Trinajstić information content (AvgIpc) is 2.87. The molecule has 1 aliphatic carbocycles. The topological polar surface area (TPSA) is 88.9 Å². The highest BCUT2D eigenvalue weighted by atomic mass is 32.2. The minimum Gasteiger partial charge on any atom is -0.335 e. The molecule has 0 atom stereocenters. The standard InChI is InChI=1S/C13H18F3N5O2S/c1-21-10(13(14,15)16)19-20-12(21)24-7-9(22)18-11(23)17-8-5-3-2-4-6-8/h8H,2-7H2,1H3,(H2,17,18,22,23). The summed E-state index contributed by atoms with van der Waals surface area (Å²) in [6.45, 7) is 0. The van der Waals surface area contributed by atoms with E-state index in [2.05, 4.69) is 20.8 Å². The Hall–Kier alpha value is -1.78. The summed E-state index contributed by atoms with van der Waals surface area (Å²) in [6, 6.07) is -0.520. The highest BCUT2D eigenvalue weighted by Crippen LogP contribution is 2.29. The first kappa shape index (κ1) is 18.6. The third-order valence-electron chi connectivity index (χ3n) is 3.61. The summed E-state index contributed by atoms with van der Waals surface area (Å²) < 4.78 is 38.5. The maximum Gasteiger partial charge on any atom is 0.451 e. The van der Waals surface area contributed by atoms with E-state index < -0.39 is 23.9 Å².